The second-order valence-electron chi connectivity index (χ2n) is 6.26. The van der Waals surface area contributed by atoms with Crippen molar-refractivity contribution in [2.24, 2.45) is 0 Å². The Hall–Kier alpha value is -1.43. The quantitative estimate of drug-likeness (QED) is 0.832. The van der Waals surface area contributed by atoms with Crippen LogP contribution >= 0.6 is 23.7 Å². The fourth-order valence-electron chi connectivity index (χ4n) is 3.23. The topological polar surface area (TPSA) is 45.2 Å². The van der Waals surface area contributed by atoms with Gasteiger partial charge in [0.2, 0.25) is 5.91 Å². The van der Waals surface area contributed by atoms with Crippen LogP contribution in [0.3, 0.4) is 0 Å². The minimum absolute atomic E-state index is 0. The Morgan fingerprint density at radius 1 is 1.24 bits per heavy atom. The van der Waals surface area contributed by atoms with Gasteiger partial charge in [-0.15, -0.1) is 23.7 Å². The van der Waals surface area contributed by atoms with Gasteiger partial charge in [0.05, 0.1) is 12.2 Å². The zero-order chi connectivity index (χ0) is 16.6. The maximum atomic E-state index is 12.9. The molecule has 25 heavy (non-hydrogen) atoms. The number of aryl methyl sites for hydroxylation is 1. The van der Waals surface area contributed by atoms with E-state index in [1.54, 1.807) is 17.5 Å². The van der Waals surface area contributed by atoms with Gasteiger partial charge in [-0.25, -0.2) is 0 Å². The molecule has 1 unspecified atom stereocenters. The lowest BCUT2D eigenvalue weighted by atomic mass is 10.1. The van der Waals surface area contributed by atoms with E-state index in [9.17, 15) is 4.79 Å². The lowest BCUT2D eigenvalue weighted by Crippen LogP contribution is -2.40. The van der Waals surface area contributed by atoms with Crippen molar-refractivity contribution in [2.75, 3.05) is 13.1 Å². The highest BCUT2D eigenvalue weighted by atomic mass is 35.5. The Morgan fingerprint density at radius 3 is 2.92 bits per heavy atom. The van der Waals surface area contributed by atoms with E-state index in [-0.39, 0.29) is 18.3 Å². The number of hydrogen-bond acceptors (Lipinski definition) is 4. The third kappa shape index (κ3) is 6.10. The normalized spacial score (nSPS) is 17.4. The number of nitrogens with one attached hydrogen (secondary N) is 1. The second-order valence-corrected chi connectivity index (χ2v) is 7.29. The molecule has 1 aliphatic rings. The summed E-state index contributed by atoms with van der Waals surface area (Å²) in [6, 6.07) is 10.4. The number of nitrogens with zero attached hydrogens (tertiary/aromatic N) is 2. The van der Waals surface area contributed by atoms with Gasteiger partial charge in [0.15, 0.2) is 0 Å². The van der Waals surface area contributed by atoms with Crippen molar-refractivity contribution in [3.8, 4) is 0 Å². The van der Waals surface area contributed by atoms with E-state index >= 15 is 0 Å². The molecule has 1 N–H and O–H groups in total. The molecule has 2 aromatic heterocycles. The van der Waals surface area contributed by atoms with Crippen molar-refractivity contribution in [1.29, 1.82) is 0 Å². The number of amides is 1. The first kappa shape index (κ1) is 19.9. The Labute approximate surface area is 160 Å². The summed E-state index contributed by atoms with van der Waals surface area (Å²) in [7, 11) is 0. The van der Waals surface area contributed by atoms with Crippen LogP contribution < -0.4 is 5.32 Å². The van der Waals surface area contributed by atoms with Gasteiger partial charge in [-0.1, -0.05) is 12.1 Å². The van der Waals surface area contributed by atoms with Crippen molar-refractivity contribution < 1.29 is 4.79 Å². The van der Waals surface area contributed by atoms with Crippen LogP contribution in [0.4, 0.5) is 0 Å². The van der Waals surface area contributed by atoms with Gasteiger partial charge >= 0.3 is 0 Å². The zero-order valence-corrected chi connectivity index (χ0v) is 16.0. The minimum Gasteiger partial charge on any atom is -0.334 e. The molecule has 1 saturated heterocycles. The summed E-state index contributed by atoms with van der Waals surface area (Å²) in [6.45, 7) is 2.66. The van der Waals surface area contributed by atoms with Gasteiger partial charge in [-0.3, -0.25) is 9.78 Å². The SMILES string of the molecule is Cl.O=C(CCc1cccs1)N(Cc1ccccn1)C1CCCNCC1. The average Bonchev–Trinajstić information content (AvgIpc) is 3.00. The van der Waals surface area contributed by atoms with Crippen molar-refractivity contribution in [3.05, 3.63) is 52.5 Å². The van der Waals surface area contributed by atoms with Gasteiger partial charge in [0.1, 0.15) is 0 Å². The van der Waals surface area contributed by atoms with E-state index in [0.717, 1.165) is 44.5 Å². The van der Waals surface area contributed by atoms with Crippen molar-refractivity contribution >= 4 is 29.7 Å². The zero-order valence-electron chi connectivity index (χ0n) is 14.4. The van der Waals surface area contributed by atoms with Gasteiger partial charge in [-0.2, -0.15) is 0 Å². The van der Waals surface area contributed by atoms with Crippen LogP contribution in [0.1, 0.15) is 36.3 Å². The van der Waals surface area contributed by atoms with Gasteiger partial charge in [0.25, 0.3) is 0 Å². The minimum atomic E-state index is 0. The van der Waals surface area contributed by atoms with E-state index in [0.29, 0.717) is 19.0 Å². The summed E-state index contributed by atoms with van der Waals surface area (Å²) in [4.78, 5) is 20.7. The van der Waals surface area contributed by atoms with E-state index in [1.807, 2.05) is 24.3 Å². The molecule has 136 valence electrons. The molecule has 3 heterocycles. The number of carbonyl (C=O) groups excluding carboxylic acids is 1. The molecular formula is C19H26ClN3OS. The van der Waals surface area contributed by atoms with E-state index in [4.69, 9.17) is 0 Å². The van der Waals surface area contributed by atoms with Gasteiger partial charge in [0, 0.05) is 23.5 Å². The van der Waals surface area contributed by atoms with Crippen LogP contribution in [0.2, 0.25) is 0 Å². The molecule has 0 aliphatic carbocycles. The van der Waals surface area contributed by atoms with Gasteiger partial charge in [-0.05, 0) is 62.4 Å². The molecule has 1 aliphatic heterocycles. The molecule has 0 saturated carbocycles. The molecule has 1 atom stereocenters. The monoisotopic (exact) mass is 379 g/mol. The predicted molar refractivity (Wildman–Crippen MR) is 105 cm³/mol. The maximum Gasteiger partial charge on any atom is 0.223 e. The molecule has 3 rings (SSSR count). The highest BCUT2D eigenvalue weighted by Gasteiger charge is 2.24. The molecule has 1 fully saturated rings. The van der Waals surface area contributed by atoms with E-state index in [1.165, 1.54) is 4.88 Å². The van der Waals surface area contributed by atoms with E-state index < -0.39 is 0 Å². The molecule has 0 bridgehead atoms. The average molecular weight is 380 g/mol. The standard InChI is InChI=1S/C19H25N3OS.ClH/c23-19(9-8-18-7-4-14-24-18)22(15-16-5-1-2-12-21-16)17-6-3-11-20-13-10-17;/h1-2,4-5,7,12,14,17,20H,3,6,8-11,13,15H2;1H. The fourth-order valence-corrected chi connectivity index (χ4v) is 3.94. The molecule has 0 radical (unpaired) electrons. The van der Waals surface area contributed by atoms with Crippen LogP contribution in [0.5, 0.6) is 0 Å². The van der Waals surface area contributed by atoms with Crippen molar-refractivity contribution in [1.82, 2.24) is 15.2 Å². The Bertz CT molecular complexity index is 613. The van der Waals surface area contributed by atoms with Crippen molar-refractivity contribution in [3.63, 3.8) is 0 Å². The van der Waals surface area contributed by atoms with Crippen LogP contribution in [-0.2, 0) is 17.8 Å². The summed E-state index contributed by atoms with van der Waals surface area (Å²) >= 11 is 1.73. The second kappa shape index (κ2) is 10.5. The first-order chi connectivity index (χ1) is 11.8. The lowest BCUT2D eigenvalue weighted by molar-refractivity contribution is -0.134. The molecular weight excluding hydrogens is 354 g/mol. The Morgan fingerprint density at radius 2 is 2.16 bits per heavy atom. The number of aromatic nitrogens is 1. The first-order valence-electron chi connectivity index (χ1n) is 8.75. The lowest BCUT2D eigenvalue weighted by Gasteiger charge is -2.31. The van der Waals surface area contributed by atoms with Crippen LogP contribution in [-0.4, -0.2) is 34.9 Å². The summed E-state index contributed by atoms with van der Waals surface area (Å²) < 4.78 is 0. The number of carbonyl (C=O) groups is 1. The van der Waals surface area contributed by atoms with Crippen LogP contribution in [0.25, 0.3) is 0 Å². The number of halogens is 1. The first-order valence-corrected chi connectivity index (χ1v) is 9.63. The summed E-state index contributed by atoms with van der Waals surface area (Å²) in [6.07, 6.45) is 6.44. The number of rotatable bonds is 6. The fraction of sp³-hybridized carbons (Fsp3) is 0.474. The largest absolute Gasteiger partial charge is 0.334 e. The summed E-state index contributed by atoms with van der Waals surface area (Å²) in [5, 5.41) is 5.51. The summed E-state index contributed by atoms with van der Waals surface area (Å²) in [5.41, 5.74) is 0.971. The number of hydrogen-bond donors (Lipinski definition) is 1. The van der Waals surface area contributed by atoms with Crippen molar-refractivity contribution in [2.45, 2.75) is 44.7 Å². The highest BCUT2D eigenvalue weighted by Crippen LogP contribution is 2.19. The molecule has 0 aromatic carbocycles. The van der Waals surface area contributed by atoms with E-state index in [2.05, 4.69) is 26.6 Å². The maximum absolute atomic E-state index is 12.9. The molecule has 4 nitrogen and oxygen atoms in total. The molecule has 2 aromatic rings. The van der Waals surface area contributed by atoms with Crippen LogP contribution in [0, 0.1) is 0 Å². The Balaban J connectivity index is 0.00000225. The Kier molecular flexibility index (Phi) is 8.38. The highest BCUT2D eigenvalue weighted by molar-refractivity contribution is 7.09. The third-order valence-corrected chi connectivity index (χ3v) is 5.47. The third-order valence-electron chi connectivity index (χ3n) is 4.53. The summed E-state index contributed by atoms with van der Waals surface area (Å²) in [5.74, 6) is 0.251. The van der Waals surface area contributed by atoms with Gasteiger partial charge < -0.3 is 10.2 Å². The molecule has 6 heteroatoms. The smallest absolute Gasteiger partial charge is 0.223 e. The predicted octanol–water partition coefficient (Wildman–Crippen LogP) is 3.67. The molecule has 0 spiro atoms. The number of thiophene rings is 1. The molecule has 1 amide bonds. The van der Waals surface area contributed by atoms with Crippen LogP contribution in [0.15, 0.2) is 41.9 Å². The number of pyridine rings is 1.